The van der Waals surface area contributed by atoms with Crippen LogP contribution in [-0.2, 0) is 11.3 Å². The van der Waals surface area contributed by atoms with Crippen LogP contribution in [0.4, 0.5) is 5.69 Å². The van der Waals surface area contributed by atoms with Gasteiger partial charge >= 0.3 is 0 Å². The molecule has 0 aromatic heterocycles. The smallest absolute Gasteiger partial charge is 0.262 e. The van der Waals surface area contributed by atoms with E-state index in [9.17, 15) is 9.59 Å². The van der Waals surface area contributed by atoms with Gasteiger partial charge in [-0.05, 0) is 42.0 Å². The van der Waals surface area contributed by atoms with Crippen LogP contribution in [0.3, 0.4) is 0 Å². The third-order valence-corrected chi connectivity index (χ3v) is 5.78. The second-order valence-electron chi connectivity index (χ2n) is 6.68. The second kappa shape index (κ2) is 8.88. The number of fused-ring (bicyclic) bond motifs is 1. The molecule has 0 saturated heterocycles. The molecule has 1 heterocycles. The van der Waals surface area contributed by atoms with E-state index in [1.165, 1.54) is 11.8 Å². The van der Waals surface area contributed by atoms with E-state index in [1.807, 2.05) is 66.7 Å². The van der Waals surface area contributed by atoms with E-state index in [0.717, 1.165) is 27.5 Å². The lowest BCUT2D eigenvalue weighted by atomic mass is 10.1. The molecule has 2 N–H and O–H groups in total. The van der Waals surface area contributed by atoms with Gasteiger partial charge in [0, 0.05) is 22.6 Å². The molecule has 3 aromatic carbocycles. The zero-order valence-electron chi connectivity index (χ0n) is 16.3. The molecule has 0 spiro atoms. The predicted molar refractivity (Wildman–Crippen MR) is 120 cm³/mol. The van der Waals surface area contributed by atoms with Crippen molar-refractivity contribution in [2.45, 2.75) is 11.4 Å². The van der Waals surface area contributed by atoms with Gasteiger partial charge in [-0.15, -0.1) is 0 Å². The Morgan fingerprint density at radius 3 is 2.57 bits per heavy atom. The van der Waals surface area contributed by atoms with Gasteiger partial charge < -0.3 is 15.4 Å². The Labute approximate surface area is 179 Å². The number of nitrogens with one attached hydrogen (secondary N) is 2. The topological polar surface area (TPSA) is 67.4 Å². The molecule has 0 saturated carbocycles. The lowest BCUT2D eigenvalue weighted by Crippen LogP contribution is -2.23. The van der Waals surface area contributed by atoms with Crippen LogP contribution in [0.2, 0.25) is 0 Å². The fourth-order valence-corrected chi connectivity index (χ4v) is 4.06. The number of amides is 2. The fraction of sp³-hybridized carbons (Fsp3) is 0.0833. The third kappa shape index (κ3) is 4.39. The van der Waals surface area contributed by atoms with Crippen LogP contribution >= 0.6 is 11.8 Å². The molecule has 150 valence electrons. The van der Waals surface area contributed by atoms with E-state index in [1.54, 1.807) is 19.2 Å². The fourth-order valence-electron chi connectivity index (χ4n) is 3.11. The Balaban J connectivity index is 1.43. The first kappa shape index (κ1) is 19.8. The molecular weight excluding hydrogens is 396 g/mol. The monoisotopic (exact) mass is 416 g/mol. The summed E-state index contributed by atoms with van der Waals surface area (Å²) in [6.07, 6.45) is 1.83. The molecule has 2 amide bonds. The van der Waals surface area contributed by atoms with E-state index in [4.69, 9.17) is 4.74 Å². The van der Waals surface area contributed by atoms with Crippen LogP contribution in [0.1, 0.15) is 21.5 Å². The lowest BCUT2D eigenvalue weighted by molar-refractivity contribution is -0.112. The highest BCUT2D eigenvalue weighted by molar-refractivity contribution is 8.04. The van der Waals surface area contributed by atoms with Crippen molar-refractivity contribution in [1.29, 1.82) is 0 Å². The van der Waals surface area contributed by atoms with Gasteiger partial charge in [-0.1, -0.05) is 54.2 Å². The van der Waals surface area contributed by atoms with Crippen molar-refractivity contribution in [1.82, 2.24) is 5.32 Å². The zero-order valence-corrected chi connectivity index (χ0v) is 17.2. The van der Waals surface area contributed by atoms with Gasteiger partial charge in [-0.3, -0.25) is 9.59 Å². The maximum Gasteiger partial charge on any atom is 0.262 e. The number of carbonyl (C=O) groups excluding carboxylic acids is 2. The van der Waals surface area contributed by atoms with Gasteiger partial charge in [-0.2, -0.15) is 0 Å². The normalized spacial score (nSPS) is 14.0. The number of methoxy groups -OCH3 is 1. The van der Waals surface area contributed by atoms with Gasteiger partial charge in [0.2, 0.25) is 0 Å². The largest absolute Gasteiger partial charge is 0.496 e. The van der Waals surface area contributed by atoms with Gasteiger partial charge in [-0.25, -0.2) is 0 Å². The third-order valence-electron chi connectivity index (χ3n) is 4.68. The summed E-state index contributed by atoms with van der Waals surface area (Å²) < 4.78 is 5.31. The molecule has 1 aliphatic heterocycles. The van der Waals surface area contributed by atoms with Crippen LogP contribution in [0.5, 0.6) is 5.75 Å². The maximum atomic E-state index is 12.5. The molecular formula is C24H20N2O3S. The number of ether oxygens (including phenoxy) is 1. The van der Waals surface area contributed by atoms with E-state index >= 15 is 0 Å². The van der Waals surface area contributed by atoms with E-state index < -0.39 is 0 Å². The number of rotatable bonds is 5. The van der Waals surface area contributed by atoms with Crippen molar-refractivity contribution < 1.29 is 14.3 Å². The molecule has 3 aromatic rings. The molecule has 5 nitrogen and oxygen atoms in total. The first-order valence-electron chi connectivity index (χ1n) is 9.44. The molecule has 30 heavy (non-hydrogen) atoms. The summed E-state index contributed by atoms with van der Waals surface area (Å²) in [7, 11) is 1.61. The number of carbonyl (C=O) groups is 2. The highest BCUT2D eigenvalue weighted by Gasteiger charge is 2.20. The SMILES string of the molecule is COc1ccccc1CNC(=O)c1ccc(C=C2Sc3ccccc3NC2=O)cc1. The van der Waals surface area contributed by atoms with Gasteiger partial charge in [0.1, 0.15) is 5.75 Å². The summed E-state index contributed by atoms with van der Waals surface area (Å²) in [4.78, 5) is 26.4. The molecule has 0 unspecified atom stereocenters. The van der Waals surface area contributed by atoms with Crippen LogP contribution in [0.25, 0.3) is 6.08 Å². The minimum absolute atomic E-state index is 0.127. The van der Waals surface area contributed by atoms with Gasteiger partial charge in [0.05, 0.1) is 17.7 Å². The van der Waals surface area contributed by atoms with Gasteiger partial charge in [0.15, 0.2) is 0 Å². The second-order valence-corrected chi connectivity index (χ2v) is 7.76. The highest BCUT2D eigenvalue weighted by atomic mass is 32.2. The number of benzene rings is 3. The average molecular weight is 417 g/mol. The van der Waals surface area contributed by atoms with Crippen LogP contribution in [-0.4, -0.2) is 18.9 Å². The summed E-state index contributed by atoms with van der Waals surface area (Å²) in [5, 5.41) is 5.81. The molecule has 0 atom stereocenters. The summed E-state index contributed by atoms with van der Waals surface area (Å²) in [6.45, 7) is 0.380. The molecule has 0 fully saturated rings. The number of hydrogen-bond acceptors (Lipinski definition) is 4. The lowest BCUT2D eigenvalue weighted by Gasteiger charge is -2.18. The minimum Gasteiger partial charge on any atom is -0.496 e. The van der Waals surface area contributed by atoms with Crippen LogP contribution < -0.4 is 15.4 Å². The van der Waals surface area contributed by atoms with Crippen molar-refractivity contribution in [3.05, 3.63) is 94.4 Å². The number of anilines is 1. The van der Waals surface area contributed by atoms with Crippen molar-refractivity contribution >= 4 is 35.3 Å². The summed E-state index contributed by atoms with van der Waals surface area (Å²) in [6, 6.07) is 22.4. The van der Waals surface area contributed by atoms with Crippen molar-refractivity contribution in [2.75, 3.05) is 12.4 Å². The molecule has 0 bridgehead atoms. The highest BCUT2D eigenvalue weighted by Crippen LogP contribution is 2.38. The number of thioether (sulfide) groups is 1. The Bertz CT molecular complexity index is 1120. The Morgan fingerprint density at radius 1 is 1.03 bits per heavy atom. The molecule has 4 rings (SSSR count). The molecule has 1 aliphatic rings. The Hall–Kier alpha value is -3.51. The maximum absolute atomic E-state index is 12.5. The zero-order chi connectivity index (χ0) is 20.9. The first-order valence-corrected chi connectivity index (χ1v) is 10.3. The Kier molecular flexibility index (Phi) is 5.86. The van der Waals surface area contributed by atoms with Crippen LogP contribution in [0, 0.1) is 0 Å². The molecule has 0 radical (unpaired) electrons. The van der Waals surface area contributed by atoms with E-state index in [-0.39, 0.29) is 11.8 Å². The summed E-state index contributed by atoms with van der Waals surface area (Å²) in [5.41, 5.74) is 3.15. The quantitative estimate of drug-likeness (QED) is 0.591. The summed E-state index contributed by atoms with van der Waals surface area (Å²) >= 11 is 1.44. The first-order chi connectivity index (χ1) is 14.6. The van der Waals surface area contributed by atoms with Crippen molar-refractivity contribution in [2.24, 2.45) is 0 Å². The average Bonchev–Trinajstić information content (AvgIpc) is 2.78. The Morgan fingerprint density at radius 2 is 1.77 bits per heavy atom. The van der Waals surface area contributed by atoms with Crippen molar-refractivity contribution in [3.8, 4) is 5.75 Å². The summed E-state index contributed by atoms with van der Waals surface area (Å²) in [5.74, 6) is 0.445. The van der Waals surface area contributed by atoms with Crippen LogP contribution in [0.15, 0.2) is 82.6 Å². The molecule has 6 heteroatoms. The molecule has 0 aliphatic carbocycles. The number of para-hydroxylation sites is 2. The van der Waals surface area contributed by atoms with Crippen molar-refractivity contribution in [3.63, 3.8) is 0 Å². The minimum atomic E-state index is -0.168. The predicted octanol–water partition coefficient (Wildman–Crippen LogP) is 4.71. The van der Waals surface area contributed by atoms with E-state index in [2.05, 4.69) is 10.6 Å². The van der Waals surface area contributed by atoms with E-state index in [0.29, 0.717) is 17.0 Å². The number of hydrogen-bond donors (Lipinski definition) is 2. The standard InChI is InChI=1S/C24H20N2O3S/c1-29-20-8-4-2-6-18(20)15-25-23(27)17-12-10-16(11-13-17)14-22-24(28)26-19-7-3-5-9-21(19)30-22/h2-14H,15H2,1H3,(H,25,27)(H,26,28). The van der Waals surface area contributed by atoms with Gasteiger partial charge in [0.25, 0.3) is 11.8 Å².